The van der Waals surface area contributed by atoms with Crippen molar-refractivity contribution in [3.05, 3.63) is 0 Å². The van der Waals surface area contributed by atoms with Gasteiger partial charge >= 0.3 is 5.97 Å². The Bertz CT molecular complexity index is 447. The molecule has 25 heavy (non-hydrogen) atoms. The van der Waals surface area contributed by atoms with E-state index < -0.39 is 41.6 Å². The van der Waals surface area contributed by atoms with E-state index in [2.05, 4.69) is 0 Å². The van der Waals surface area contributed by atoms with E-state index in [1.54, 1.807) is 27.9 Å². The maximum absolute atomic E-state index is 12.5. The van der Waals surface area contributed by atoms with Crippen molar-refractivity contribution in [2.75, 3.05) is 20.8 Å². The topological polar surface area (TPSA) is 94.5 Å². The summed E-state index contributed by atoms with van der Waals surface area (Å²) >= 11 is 0. The van der Waals surface area contributed by atoms with Crippen molar-refractivity contribution < 1.29 is 34.0 Å². The molecule has 7 heteroatoms. The zero-order valence-corrected chi connectivity index (χ0v) is 16.6. The number of hydrogen-bond donors (Lipinski definition) is 2. The van der Waals surface area contributed by atoms with E-state index in [4.69, 9.17) is 18.9 Å². The largest absolute Gasteiger partial charge is 0.460 e. The van der Waals surface area contributed by atoms with Gasteiger partial charge in [-0.25, -0.2) is 0 Å². The number of ether oxygens (including phenoxy) is 4. The van der Waals surface area contributed by atoms with Gasteiger partial charge in [0.15, 0.2) is 0 Å². The van der Waals surface area contributed by atoms with Gasteiger partial charge in [-0.2, -0.15) is 0 Å². The lowest BCUT2D eigenvalue weighted by atomic mass is 9.78. The van der Waals surface area contributed by atoms with Crippen molar-refractivity contribution in [1.82, 2.24) is 0 Å². The van der Waals surface area contributed by atoms with E-state index in [-0.39, 0.29) is 11.8 Å². The van der Waals surface area contributed by atoms with Crippen molar-refractivity contribution in [1.29, 1.82) is 0 Å². The van der Waals surface area contributed by atoms with Crippen molar-refractivity contribution in [3.8, 4) is 0 Å². The van der Waals surface area contributed by atoms with Crippen LogP contribution in [0.4, 0.5) is 0 Å². The first kappa shape index (κ1) is 22.3. The van der Waals surface area contributed by atoms with Crippen molar-refractivity contribution in [2.24, 2.45) is 17.8 Å². The van der Waals surface area contributed by atoms with Gasteiger partial charge in [-0.15, -0.1) is 0 Å². The van der Waals surface area contributed by atoms with Gasteiger partial charge in [-0.3, -0.25) is 4.79 Å². The molecule has 1 aliphatic rings. The highest BCUT2D eigenvalue weighted by atomic mass is 16.7. The van der Waals surface area contributed by atoms with Gasteiger partial charge in [0.1, 0.15) is 17.6 Å². The maximum atomic E-state index is 12.5. The molecule has 2 N–H and O–H groups in total. The predicted molar refractivity (Wildman–Crippen MR) is 91.8 cm³/mol. The first-order chi connectivity index (χ1) is 11.4. The van der Waals surface area contributed by atoms with Crippen LogP contribution in [0.2, 0.25) is 0 Å². The van der Waals surface area contributed by atoms with Gasteiger partial charge in [0.2, 0.25) is 5.79 Å². The van der Waals surface area contributed by atoms with Crippen LogP contribution in [0.3, 0.4) is 0 Å². The molecule has 0 aliphatic carbocycles. The van der Waals surface area contributed by atoms with Crippen LogP contribution in [-0.4, -0.2) is 66.7 Å². The minimum absolute atomic E-state index is 0.0928. The Hall–Kier alpha value is -0.730. The van der Waals surface area contributed by atoms with E-state index in [0.717, 1.165) is 0 Å². The van der Waals surface area contributed by atoms with Crippen LogP contribution < -0.4 is 0 Å². The number of esters is 1. The summed E-state index contributed by atoms with van der Waals surface area (Å²) in [5.74, 6) is -4.06. The van der Waals surface area contributed by atoms with Crippen LogP contribution in [0.5, 0.6) is 0 Å². The van der Waals surface area contributed by atoms with Gasteiger partial charge < -0.3 is 29.2 Å². The Labute approximate surface area is 150 Å². The van der Waals surface area contributed by atoms with Gasteiger partial charge in [0.25, 0.3) is 0 Å². The number of methoxy groups -OCH3 is 2. The second-order valence-corrected chi connectivity index (χ2v) is 8.03. The average molecular weight is 362 g/mol. The molecule has 7 nitrogen and oxygen atoms in total. The van der Waals surface area contributed by atoms with Crippen LogP contribution in [0.15, 0.2) is 0 Å². The molecule has 0 aromatic carbocycles. The molecule has 1 saturated heterocycles. The number of hydrogen-bond acceptors (Lipinski definition) is 7. The Morgan fingerprint density at radius 2 is 1.84 bits per heavy atom. The molecule has 0 aromatic heterocycles. The Kier molecular flexibility index (Phi) is 7.41. The molecular weight excluding hydrogens is 328 g/mol. The third-order valence-corrected chi connectivity index (χ3v) is 4.72. The zero-order valence-electron chi connectivity index (χ0n) is 16.6. The molecule has 0 radical (unpaired) electrons. The lowest BCUT2D eigenvalue weighted by Crippen LogP contribution is -2.67. The molecular formula is C18H34O7. The van der Waals surface area contributed by atoms with Gasteiger partial charge in [-0.05, 0) is 27.7 Å². The number of carbonyl (C=O) groups excluding carboxylic acids is 1. The molecule has 148 valence electrons. The van der Waals surface area contributed by atoms with Gasteiger partial charge in [-0.1, -0.05) is 13.8 Å². The summed E-state index contributed by atoms with van der Waals surface area (Å²) in [6, 6.07) is 0. The first-order valence-corrected chi connectivity index (χ1v) is 8.71. The zero-order chi connectivity index (χ0) is 19.6. The smallest absolute Gasteiger partial charge is 0.314 e. The van der Waals surface area contributed by atoms with Crippen LogP contribution in [0.1, 0.15) is 41.5 Å². The molecule has 1 heterocycles. The molecule has 1 aliphatic heterocycles. The second-order valence-electron chi connectivity index (χ2n) is 8.03. The van der Waals surface area contributed by atoms with E-state index in [0.29, 0.717) is 6.61 Å². The monoisotopic (exact) mass is 362 g/mol. The molecule has 0 amide bonds. The highest BCUT2D eigenvalue weighted by Crippen LogP contribution is 2.41. The number of aliphatic hydroxyl groups excluding tert-OH is 1. The van der Waals surface area contributed by atoms with Gasteiger partial charge in [0, 0.05) is 26.1 Å². The Morgan fingerprint density at radius 3 is 2.28 bits per heavy atom. The van der Waals surface area contributed by atoms with Gasteiger partial charge in [0.05, 0.1) is 18.8 Å². The molecule has 0 unspecified atom stereocenters. The van der Waals surface area contributed by atoms with Crippen LogP contribution >= 0.6 is 0 Å². The minimum atomic E-state index is -2.00. The fourth-order valence-corrected chi connectivity index (χ4v) is 3.31. The molecule has 7 atom stereocenters. The summed E-state index contributed by atoms with van der Waals surface area (Å²) in [7, 11) is 2.95. The van der Waals surface area contributed by atoms with Crippen LogP contribution in [0.25, 0.3) is 0 Å². The quantitative estimate of drug-likeness (QED) is 0.689. The summed E-state index contributed by atoms with van der Waals surface area (Å²) in [5, 5.41) is 21.9. The highest BCUT2D eigenvalue weighted by molar-refractivity contribution is 5.73. The summed E-state index contributed by atoms with van der Waals surface area (Å²) in [6.07, 6.45) is -2.58. The summed E-state index contributed by atoms with van der Waals surface area (Å²) in [6.45, 7) is 10.9. The SMILES string of the molecule is COC[C@H](C)[C@@H]1O[C@](O)([C@H](C)C(=O)OC(C)(C)C)[C@H](OC)[C@@H](O)[C@@H]1C. The lowest BCUT2D eigenvalue weighted by molar-refractivity contribution is -0.363. The fourth-order valence-electron chi connectivity index (χ4n) is 3.31. The minimum Gasteiger partial charge on any atom is -0.460 e. The number of rotatable bonds is 6. The predicted octanol–water partition coefficient (Wildman–Crippen LogP) is 1.35. The maximum Gasteiger partial charge on any atom is 0.314 e. The standard InChI is InChI=1S/C18H34O7/c1-10(9-22-7)14-11(2)13(19)15(23-8)18(21,24-14)12(3)16(20)25-17(4,5)6/h10-15,19,21H,9H2,1-8H3/t10-,11-,12+,13-,14-,15+,18+/m0/s1. The number of carbonyl (C=O) groups is 1. The van der Waals surface area contributed by atoms with Crippen molar-refractivity contribution in [2.45, 2.75) is 71.2 Å². The van der Waals surface area contributed by atoms with E-state index in [1.165, 1.54) is 14.0 Å². The fraction of sp³-hybridized carbons (Fsp3) is 0.944. The molecule has 0 saturated carbocycles. The molecule has 1 rings (SSSR count). The first-order valence-electron chi connectivity index (χ1n) is 8.71. The summed E-state index contributed by atoms with van der Waals surface area (Å²) in [5.41, 5.74) is -0.701. The van der Waals surface area contributed by atoms with E-state index in [1.807, 2.05) is 13.8 Å². The Balaban J connectivity index is 3.15. The Morgan fingerprint density at radius 1 is 1.28 bits per heavy atom. The average Bonchev–Trinajstić information content (AvgIpc) is 2.49. The summed E-state index contributed by atoms with van der Waals surface area (Å²) < 4.78 is 21.8. The van der Waals surface area contributed by atoms with E-state index in [9.17, 15) is 15.0 Å². The molecule has 0 aromatic rings. The summed E-state index contributed by atoms with van der Waals surface area (Å²) in [4.78, 5) is 12.5. The number of aliphatic hydroxyl groups is 2. The highest BCUT2D eigenvalue weighted by Gasteiger charge is 2.58. The third-order valence-electron chi connectivity index (χ3n) is 4.72. The normalized spacial score (nSPS) is 35.9. The lowest BCUT2D eigenvalue weighted by Gasteiger charge is -2.51. The molecule has 0 spiro atoms. The second kappa shape index (κ2) is 8.31. The molecule has 1 fully saturated rings. The van der Waals surface area contributed by atoms with Crippen LogP contribution in [-0.2, 0) is 23.7 Å². The van der Waals surface area contributed by atoms with Crippen LogP contribution in [0, 0.1) is 17.8 Å². The molecule has 0 bridgehead atoms. The third kappa shape index (κ3) is 4.92. The van der Waals surface area contributed by atoms with E-state index >= 15 is 0 Å². The van der Waals surface area contributed by atoms with Crippen molar-refractivity contribution >= 4 is 5.97 Å². The van der Waals surface area contributed by atoms with Crippen molar-refractivity contribution in [3.63, 3.8) is 0 Å².